The van der Waals surface area contributed by atoms with Gasteiger partial charge in [0.25, 0.3) is 0 Å². The minimum Gasteiger partial charge on any atom is -0.340 e. The molecule has 0 unspecified atom stereocenters. The average Bonchev–Trinajstić information content (AvgIpc) is 3.67. The number of aromatic amines is 2. The van der Waals surface area contributed by atoms with Gasteiger partial charge in [-0.05, 0) is 45.9 Å². The fourth-order valence-corrected chi connectivity index (χ4v) is 6.14. The first-order valence-electron chi connectivity index (χ1n) is 16.6. The number of hydrogen-bond donors (Lipinski definition) is 2. The molecule has 0 saturated carbocycles. The standard InChI is InChI=1S/C38H52N6O2/c1-23(2)19-33(45)43(9)35(25(5)6)37-39-21-31(41-37)29-15-11-27(12-16-29)28-13-17-30(18-14-28)32-22-40-38(42-32)36(26(7)8)44(10)34(46)20-24(3)4/h11-18,21-26,35-36H,19-20H2,1-10H3,(H,39,41)(H,40,42)/t35-,36-/m0/s1. The van der Waals surface area contributed by atoms with Crippen molar-refractivity contribution in [3.8, 4) is 33.6 Å². The Balaban J connectivity index is 1.48. The lowest BCUT2D eigenvalue weighted by atomic mass is 10.0. The Morgan fingerprint density at radius 1 is 0.565 bits per heavy atom. The highest BCUT2D eigenvalue weighted by molar-refractivity contribution is 5.77. The molecule has 0 saturated heterocycles. The molecule has 4 rings (SSSR count). The first kappa shape index (κ1) is 34.7. The maximum absolute atomic E-state index is 12.8. The molecule has 2 amide bonds. The summed E-state index contributed by atoms with van der Waals surface area (Å²) in [4.78, 5) is 45.7. The second-order valence-electron chi connectivity index (χ2n) is 14.1. The van der Waals surface area contributed by atoms with Gasteiger partial charge in [0.1, 0.15) is 11.6 Å². The molecule has 0 aliphatic rings. The molecule has 0 fully saturated rings. The predicted molar refractivity (Wildman–Crippen MR) is 187 cm³/mol. The maximum Gasteiger partial charge on any atom is 0.223 e. The molecular weight excluding hydrogens is 572 g/mol. The molecular formula is C38H52N6O2. The summed E-state index contributed by atoms with van der Waals surface area (Å²) in [5.41, 5.74) is 6.17. The van der Waals surface area contributed by atoms with E-state index >= 15 is 0 Å². The van der Waals surface area contributed by atoms with E-state index in [-0.39, 0.29) is 35.7 Å². The molecule has 4 aromatic rings. The van der Waals surface area contributed by atoms with Gasteiger partial charge in [0.2, 0.25) is 11.8 Å². The van der Waals surface area contributed by atoms with E-state index in [1.165, 1.54) is 0 Å². The number of benzene rings is 2. The quantitative estimate of drug-likeness (QED) is 0.156. The normalized spacial score (nSPS) is 13.1. The fourth-order valence-electron chi connectivity index (χ4n) is 6.14. The summed E-state index contributed by atoms with van der Waals surface area (Å²) in [7, 11) is 3.75. The molecule has 2 N–H and O–H groups in total. The summed E-state index contributed by atoms with van der Waals surface area (Å²) in [6, 6.07) is 16.6. The van der Waals surface area contributed by atoms with Crippen LogP contribution in [0.15, 0.2) is 60.9 Å². The van der Waals surface area contributed by atoms with Crippen LogP contribution in [-0.4, -0.2) is 55.6 Å². The Morgan fingerprint density at radius 2 is 0.870 bits per heavy atom. The number of carbonyl (C=O) groups excluding carboxylic acids is 2. The van der Waals surface area contributed by atoms with E-state index < -0.39 is 0 Å². The van der Waals surface area contributed by atoms with Crippen LogP contribution in [0.4, 0.5) is 0 Å². The molecule has 0 aliphatic heterocycles. The van der Waals surface area contributed by atoms with Crippen LogP contribution in [-0.2, 0) is 9.59 Å². The van der Waals surface area contributed by atoms with Crippen molar-refractivity contribution in [1.82, 2.24) is 29.7 Å². The molecule has 2 atom stereocenters. The monoisotopic (exact) mass is 624 g/mol. The van der Waals surface area contributed by atoms with Crippen LogP contribution in [0.1, 0.15) is 92.0 Å². The van der Waals surface area contributed by atoms with E-state index in [0.717, 1.165) is 45.3 Å². The van der Waals surface area contributed by atoms with Crippen LogP contribution in [0, 0.1) is 23.7 Å². The van der Waals surface area contributed by atoms with Gasteiger partial charge < -0.3 is 19.8 Å². The summed E-state index contributed by atoms with van der Waals surface area (Å²) >= 11 is 0. The lowest BCUT2D eigenvalue weighted by Crippen LogP contribution is -2.35. The Kier molecular flexibility index (Phi) is 11.3. The van der Waals surface area contributed by atoms with Crippen molar-refractivity contribution >= 4 is 11.8 Å². The zero-order valence-corrected chi connectivity index (χ0v) is 29.3. The molecule has 0 bridgehead atoms. The van der Waals surface area contributed by atoms with Gasteiger partial charge in [0.15, 0.2) is 0 Å². The van der Waals surface area contributed by atoms with Crippen LogP contribution >= 0.6 is 0 Å². The Labute approximate surface area is 275 Å². The molecule has 2 aromatic carbocycles. The second kappa shape index (κ2) is 14.9. The van der Waals surface area contributed by atoms with E-state index in [2.05, 4.69) is 114 Å². The fraction of sp³-hybridized carbons (Fsp3) is 0.474. The number of nitrogens with one attached hydrogen (secondary N) is 2. The van der Waals surface area contributed by atoms with E-state index in [1.807, 2.05) is 36.3 Å². The molecule has 0 aliphatic carbocycles. The molecule has 2 aromatic heterocycles. The molecule has 46 heavy (non-hydrogen) atoms. The van der Waals surface area contributed by atoms with Gasteiger partial charge in [-0.25, -0.2) is 9.97 Å². The summed E-state index contributed by atoms with van der Waals surface area (Å²) in [5.74, 6) is 2.94. The average molecular weight is 625 g/mol. The highest BCUT2D eigenvalue weighted by atomic mass is 16.2. The van der Waals surface area contributed by atoms with Crippen LogP contribution in [0.5, 0.6) is 0 Å². The highest BCUT2D eigenvalue weighted by Gasteiger charge is 2.29. The van der Waals surface area contributed by atoms with E-state index in [9.17, 15) is 9.59 Å². The number of nitrogens with zero attached hydrogens (tertiary/aromatic N) is 4. The van der Waals surface area contributed by atoms with Crippen molar-refractivity contribution in [3.63, 3.8) is 0 Å². The minimum absolute atomic E-state index is 0.117. The van der Waals surface area contributed by atoms with Gasteiger partial charge in [-0.3, -0.25) is 9.59 Å². The van der Waals surface area contributed by atoms with Gasteiger partial charge in [0.05, 0.1) is 35.9 Å². The van der Waals surface area contributed by atoms with Gasteiger partial charge in [0, 0.05) is 26.9 Å². The largest absolute Gasteiger partial charge is 0.340 e. The third kappa shape index (κ3) is 8.14. The smallest absolute Gasteiger partial charge is 0.223 e. The maximum atomic E-state index is 12.8. The van der Waals surface area contributed by atoms with Crippen molar-refractivity contribution in [1.29, 1.82) is 0 Å². The first-order chi connectivity index (χ1) is 21.8. The molecule has 246 valence electrons. The zero-order chi connectivity index (χ0) is 33.7. The van der Waals surface area contributed by atoms with Gasteiger partial charge in [-0.15, -0.1) is 0 Å². The van der Waals surface area contributed by atoms with Crippen molar-refractivity contribution in [2.24, 2.45) is 23.7 Å². The zero-order valence-electron chi connectivity index (χ0n) is 29.3. The Morgan fingerprint density at radius 3 is 1.15 bits per heavy atom. The van der Waals surface area contributed by atoms with E-state index in [0.29, 0.717) is 24.7 Å². The van der Waals surface area contributed by atoms with Crippen molar-refractivity contribution in [3.05, 3.63) is 72.6 Å². The van der Waals surface area contributed by atoms with Crippen molar-refractivity contribution in [2.75, 3.05) is 14.1 Å². The highest BCUT2D eigenvalue weighted by Crippen LogP contribution is 2.32. The Bertz CT molecular complexity index is 1460. The number of carbonyl (C=O) groups is 2. The van der Waals surface area contributed by atoms with Crippen molar-refractivity contribution < 1.29 is 9.59 Å². The lowest BCUT2D eigenvalue weighted by molar-refractivity contribution is -0.134. The van der Waals surface area contributed by atoms with Gasteiger partial charge >= 0.3 is 0 Å². The second-order valence-corrected chi connectivity index (χ2v) is 14.1. The van der Waals surface area contributed by atoms with E-state index in [1.54, 1.807) is 0 Å². The number of aromatic nitrogens is 4. The van der Waals surface area contributed by atoms with Gasteiger partial charge in [-0.1, -0.05) is 104 Å². The summed E-state index contributed by atoms with van der Waals surface area (Å²) in [6.45, 7) is 16.7. The summed E-state index contributed by atoms with van der Waals surface area (Å²) in [6.07, 6.45) is 4.76. The summed E-state index contributed by atoms with van der Waals surface area (Å²) < 4.78 is 0. The SMILES string of the molecule is CC(C)CC(=O)N(C)[C@H](c1ncc(-c2ccc(-c3ccc(-c4cnc([C@H](C(C)C)N(C)C(=O)CC(C)C)[nH]4)cc3)cc2)[nH]1)C(C)C. The minimum atomic E-state index is -0.117. The van der Waals surface area contributed by atoms with Crippen LogP contribution in [0.25, 0.3) is 33.6 Å². The van der Waals surface area contributed by atoms with Gasteiger partial charge in [-0.2, -0.15) is 0 Å². The molecule has 0 spiro atoms. The first-order valence-corrected chi connectivity index (χ1v) is 16.6. The molecule has 0 radical (unpaired) electrons. The van der Waals surface area contributed by atoms with Crippen LogP contribution < -0.4 is 0 Å². The molecule has 2 heterocycles. The molecule has 8 nitrogen and oxygen atoms in total. The van der Waals surface area contributed by atoms with Crippen molar-refractivity contribution in [2.45, 2.75) is 80.3 Å². The lowest BCUT2D eigenvalue weighted by Gasteiger charge is -2.30. The Hall–Kier alpha value is -4.20. The number of hydrogen-bond acceptors (Lipinski definition) is 4. The predicted octanol–water partition coefficient (Wildman–Crippen LogP) is 8.54. The van der Waals surface area contributed by atoms with E-state index in [4.69, 9.17) is 9.97 Å². The number of imidazole rings is 2. The summed E-state index contributed by atoms with van der Waals surface area (Å²) in [5, 5.41) is 0. The third-order valence-corrected chi connectivity index (χ3v) is 8.53. The number of H-pyrrole nitrogens is 2. The topological polar surface area (TPSA) is 98.0 Å². The molecule has 8 heteroatoms. The van der Waals surface area contributed by atoms with Crippen LogP contribution in [0.3, 0.4) is 0 Å². The van der Waals surface area contributed by atoms with Crippen LogP contribution in [0.2, 0.25) is 0 Å². The number of rotatable bonds is 13. The number of amides is 2. The third-order valence-electron chi connectivity index (χ3n) is 8.53.